The first kappa shape index (κ1) is 17.9. The van der Waals surface area contributed by atoms with Crippen LogP contribution in [-0.2, 0) is 14.6 Å². The van der Waals surface area contributed by atoms with E-state index in [0.29, 0.717) is 12.3 Å². The van der Waals surface area contributed by atoms with E-state index in [9.17, 15) is 18.3 Å². The van der Waals surface area contributed by atoms with Crippen molar-refractivity contribution in [1.29, 1.82) is 0 Å². The summed E-state index contributed by atoms with van der Waals surface area (Å²) in [4.78, 5) is 12.0. The SMILES string of the molecule is Cc1ccc(S(=O)(=O)CNC(=O)C(O)C(N)CC2CCC2)cc1. The Labute approximate surface area is 137 Å². The van der Waals surface area contributed by atoms with E-state index in [-0.39, 0.29) is 4.90 Å². The van der Waals surface area contributed by atoms with E-state index in [1.54, 1.807) is 12.1 Å². The minimum absolute atomic E-state index is 0.136. The fraction of sp³-hybridized carbons (Fsp3) is 0.562. The second-order valence-corrected chi connectivity index (χ2v) is 8.24. The van der Waals surface area contributed by atoms with Crippen molar-refractivity contribution >= 4 is 15.7 Å². The largest absolute Gasteiger partial charge is 0.382 e. The highest BCUT2D eigenvalue weighted by atomic mass is 32.2. The summed E-state index contributed by atoms with van der Waals surface area (Å²) in [6.45, 7) is 1.86. The third-order valence-electron chi connectivity index (χ3n) is 4.32. The van der Waals surface area contributed by atoms with Crippen molar-refractivity contribution in [2.75, 3.05) is 5.88 Å². The summed E-state index contributed by atoms with van der Waals surface area (Å²) in [5.74, 6) is -0.835. The molecule has 1 aliphatic carbocycles. The van der Waals surface area contributed by atoms with Crippen LogP contribution in [-0.4, -0.2) is 37.5 Å². The molecule has 128 valence electrons. The third kappa shape index (κ3) is 4.76. The van der Waals surface area contributed by atoms with E-state index in [1.165, 1.54) is 12.1 Å². The number of hydrogen-bond acceptors (Lipinski definition) is 5. The molecule has 1 aliphatic rings. The molecule has 23 heavy (non-hydrogen) atoms. The molecule has 0 heterocycles. The molecule has 0 spiro atoms. The number of sulfone groups is 1. The van der Waals surface area contributed by atoms with E-state index >= 15 is 0 Å². The van der Waals surface area contributed by atoms with Gasteiger partial charge in [0, 0.05) is 6.04 Å². The lowest BCUT2D eigenvalue weighted by atomic mass is 9.80. The van der Waals surface area contributed by atoms with Crippen LogP contribution in [0.3, 0.4) is 0 Å². The number of aliphatic hydroxyl groups excluding tert-OH is 1. The molecule has 1 amide bonds. The zero-order chi connectivity index (χ0) is 17.0. The minimum atomic E-state index is -3.63. The second kappa shape index (κ2) is 7.42. The number of amides is 1. The Kier molecular flexibility index (Phi) is 5.78. The van der Waals surface area contributed by atoms with Gasteiger partial charge in [-0.05, 0) is 31.4 Å². The fourth-order valence-electron chi connectivity index (χ4n) is 2.54. The molecule has 7 heteroatoms. The van der Waals surface area contributed by atoms with Crippen molar-refractivity contribution in [3.8, 4) is 0 Å². The van der Waals surface area contributed by atoms with Gasteiger partial charge in [-0.3, -0.25) is 4.79 Å². The molecular weight excluding hydrogens is 316 g/mol. The highest BCUT2D eigenvalue weighted by Crippen LogP contribution is 2.30. The van der Waals surface area contributed by atoms with E-state index in [4.69, 9.17) is 5.73 Å². The molecule has 1 aromatic rings. The summed E-state index contributed by atoms with van der Waals surface area (Å²) < 4.78 is 24.3. The Morgan fingerprint density at radius 3 is 2.48 bits per heavy atom. The second-order valence-electron chi connectivity index (χ2n) is 6.25. The van der Waals surface area contributed by atoms with Crippen molar-refractivity contribution in [1.82, 2.24) is 5.32 Å². The monoisotopic (exact) mass is 340 g/mol. The molecular formula is C16H24N2O4S. The average Bonchev–Trinajstić information content (AvgIpc) is 2.48. The number of rotatable bonds is 7. The summed E-state index contributed by atoms with van der Waals surface area (Å²) in [5, 5.41) is 12.2. The molecule has 0 bridgehead atoms. The van der Waals surface area contributed by atoms with Gasteiger partial charge in [0.1, 0.15) is 12.0 Å². The summed E-state index contributed by atoms with van der Waals surface area (Å²) in [6.07, 6.45) is 2.50. The first-order valence-electron chi connectivity index (χ1n) is 7.80. The molecule has 1 saturated carbocycles. The zero-order valence-corrected chi connectivity index (χ0v) is 14.1. The van der Waals surface area contributed by atoms with Crippen LogP contribution < -0.4 is 11.1 Å². The molecule has 1 aromatic carbocycles. The van der Waals surface area contributed by atoms with Crippen LogP contribution in [0.15, 0.2) is 29.2 Å². The van der Waals surface area contributed by atoms with Gasteiger partial charge in [0.15, 0.2) is 9.84 Å². The number of aliphatic hydroxyl groups is 1. The predicted molar refractivity (Wildman–Crippen MR) is 87.3 cm³/mol. The smallest absolute Gasteiger partial charge is 0.251 e. The van der Waals surface area contributed by atoms with Crippen LogP contribution in [0.25, 0.3) is 0 Å². The lowest BCUT2D eigenvalue weighted by Gasteiger charge is -2.29. The van der Waals surface area contributed by atoms with Gasteiger partial charge in [0.2, 0.25) is 0 Å². The topological polar surface area (TPSA) is 109 Å². The minimum Gasteiger partial charge on any atom is -0.382 e. The standard InChI is InChI=1S/C16H24N2O4S/c1-11-5-7-13(8-6-11)23(21,22)10-18-16(20)15(19)14(17)9-12-3-2-4-12/h5-8,12,14-15,19H,2-4,9-10,17H2,1H3,(H,18,20). The Hall–Kier alpha value is -1.44. The molecule has 2 rings (SSSR count). The van der Waals surface area contributed by atoms with Crippen molar-refractivity contribution in [2.24, 2.45) is 11.7 Å². The van der Waals surface area contributed by atoms with Crippen LogP contribution in [0.2, 0.25) is 0 Å². The van der Waals surface area contributed by atoms with Gasteiger partial charge >= 0.3 is 0 Å². The van der Waals surface area contributed by atoms with Gasteiger partial charge in [-0.15, -0.1) is 0 Å². The predicted octanol–water partition coefficient (Wildman–Crippen LogP) is 0.721. The van der Waals surface area contributed by atoms with E-state index in [2.05, 4.69) is 5.32 Å². The van der Waals surface area contributed by atoms with Gasteiger partial charge in [0.05, 0.1) is 4.90 Å². The highest BCUT2D eigenvalue weighted by molar-refractivity contribution is 7.91. The lowest BCUT2D eigenvalue weighted by Crippen LogP contribution is -2.48. The van der Waals surface area contributed by atoms with Crippen LogP contribution in [0.4, 0.5) is 0 Å². The summed E-state index contributed by atoms with van der Waals surface area (Å²) >= 11 is 0. The zero-order valence-electron chi connectivity index (χ0n) is 13.2. The van der Waals surface area contributed by atoms with Crippen LogP contribution >= 0.6 is 0 Å². The number of nitrogens with one attached hydrogen (secondary N) is 1. The molecule has 4 N–H and O–H groups in total. The van der Waals surface area contributed by atoms with Crippen LogP contribution in [0, 0.1) is 12.8 Å². The fourth-order valence-corrected chi connectivity index (χ4v) is 3.59. The quantitative estimate of drug-likeness (QED) is 0.677. The maximum atomic E-state index is 12.1. The normalized spacial score (nSPS) is 18.0. The van der Waals surface area contributed by atoms with Gasteiger partial charge in [0.25, 0.3) is 5.91 Å². The molecule has 6 nitrogen and oxygen atoms in total. The summed E-state index contributed by atoms with van der Waals surface area (Å²) in [5.41, 5.74) is 6.78. The lowest BCUT2D eigenvalue weighted by molar-refractivity contribution is -0.130. The van der Waals surface area contributed by atoms with Crippen LogP contribution in [0.1, 0.15) is 31.2 Å². The number of benzene rings is 1. The molecule has 0 aliphatic heterocycles. The average molecular weight is 340 g/mol. The number of aryl methyl sites for hydroxylation is 1. The first-order chi connectivity index (χ1) is 10.8. The van der Waals surface area contributed by atoms with E-state index in [1.807, 2.05) is 6.92 Å². The summed E-state index contributed by atoms with van der Waals surface area (Å²) in [7, 11) is -3.63. The van der Waals surface area contributed by atoms with Gasteiger partial charge in [-0.1, -0.05) is 37.0 Å². The molecule has 0 saturated heterocycles. The van der Waals surface area contributed by atoms with E-state index in [0.717, 1.165) is 24.8 Å². The Morgan fingerprint density at radius 2 is 1.96 bits per heavy atom. The number of carbonyl (C=O) groups excluding carboxylic acids is 1. The van der Waals surface area contributed by atoms with Gasteiger partial charge < -0.3 is 16.2 Å². The van der Waals surface area contributed by atoms with Crippen molar-refractivity contribution in [3.63, 3.8) is 0 Å². The Balaban J connectivity index is 1.88. The van der Waals surface area contributed by atoms with Crippen LogP contribution in [0.5, 0.6) is 0 Å². The maximum Gasteiger partial charge on any atom is 0.251 e. The molecule has 0 radical (unpaired) electrons. The number of nitrogens with two attached hydrogens (primary N) is 1. The molecule has 2 atom stereocenters. The molecule has 1 fully saturated rings. The highest BCUT2D eigenvalue weighted by Gasteiger charge is 2.29. The Morgan fingerprint density at radius 1 is 1.35 bits per heavy atom. The van der Waals surface area contributed by atoms with Crippen molar-refractivity contribution < 1.29 is 18.3 Å². The number of hydrogen-bond donors (Lipinski definition) is 3. The molecule has 0 aromatic heterocycles. The van der Waals surface area contributed by atoms with E-state index < -0.39 is 33.8 Å². The van der Waals surface area contributed by atoms with Crippen molar-refractivity contribution in [2.45, 2.75) is 49.6 Å². The summed E-state index contributed by atoms with van der Waals surface area (Å²) in [6, 6.07) is 5.71. The number of carbonyl (C=O) groups is 1. The Bertz CT molecular complexity index is 639. The molecule has 2 unspecified atom stereocenters. The van der Waals surface area contributed by atoms with Crippen molar-refractivity contribution in [3.05, 3.63) is 29.8 Å². The maximum absolute atomic E-state index is 12.1. The third-order valence-corrected chi connectivity index (χ3v) is 5.84. The van der Waals surface area contributed by atoms with Gasteiger partial charge in [-0.2, -0.15) is 0 Å². The first-order valence-corrected chi connectivity index (χ1v) is 9.45. The van der Waals surface area contributed by atoms with Gasteiger partial charge in [-0.25, -0.2) is 8.42 Å².